The lowest BCUT2D eigenvalue weighted by Gasteiger charge is -2.42. The van der Waals surface area contributed by atoms with Crippen LogP contribution in [0, 0.1) is 17.2 Å². The van der Waals surface area contributed by atoms with Crippen molar-refractivity contribution in [3.05, 3.63) is 35.6 Å². The topological polar surface area (TPSA) is 12.0 Å². The minimum absolute atomic E-state index is 0.140. The van der Waals surface area contributed by atoms with Crippen LogP contribution in [0.15, 0.2) is 24.3 Å². The number of benzene rings is 1. The van der Waals surface area contributed by atoms with Crippen LogP contribution in [0.1, 0.15) is 38.7 Å². The van der Waals surface area contributed by atoms with Gasteiger partial charge in [0.2, 0.25) is 0 Å². The third-order valence-corrected chi connectivity index (χ3v) is 4.41. The molecular formula is C16H24FN. The number of rotatable bonds is 4. The minimum Gasteiger partial charge on any atom is -0.316 e. The van der Waals surface area contributed by atoms with Gasteiger partial charge in [0.05, 0.1) is 0 Å². The zero-order chi connectivity index (χ0) is 13.0. The molecule has 1 saturated heterocycles. The number of nitrogens with one attached hydrogen (secondary N) is 1. The van der Waals surface area contributed by atoms with E-state index in [4.69, 9.17) is 0 Å². The third kappa shape index (κ3) is 3.11. The minimum atomic E-state index is -0.140. The molecule has 1 heterocycles. The highest BCUT2D eigenvalue weighted by molar-refractivity contribution is 5.18. The largest absolute Gasteiger partial charge is 0.316 e. The van der Waals surface area contributed by atoms with Gasteiger partial charge in [0.1, 0.15) is 5.82 Å². The number of halogens is 1. The summed E-state index contributed by atoms with van der Waals surface area (Å²) in [5.74, 6) is 0.598. The van der Waals surface area contributed by atoms with Crippen LogP contribution in [-0.4, -0.2) is 13.1 Å². The number of piperidine rings is 1. The molecule has 18 heavy (non-hydrogen) atoms. The highest BCUT2D eigenvalue weighted by atomic mass is 19.1. The van der Waals surface area contributed by atoms with Gasteiger partial charge < -0.3 is 5.32 Å². The van der Waals surface area contributed by atoms with E-state index in [0.717, 1.165) is 25.4 Å². The fraction of sp³-hybridized carbons (Fsp3) is 0.625. The van der Waals surface area contributed by atoms with Gasteiger partial charge in [0.25, 0.3) is 0 Å². The van der Waals surface area contributed by atoms with Gasteiger partial charge in [-0.2, -0.15) is 0 Å². The van der Waals surface area contributed by atoms with Gasteiger partial charge in [-0.05, 0) is 61.4 Å². The fourth-order valence-corrected chi connectivity index (χ4v) is 3.20. The lowest BCUT2D eigenvalue weighted by Crippen LogP contribution is -2.44. The molecule has 2 rings (SSSR count). The molecule has 0 radical (unpaired) electrons. The fourth-order valence-electron chi connectivity index (χ4n) is 3.20. The maximum absolute atomic E-state index is 12.9. The standard InChI is InChI=1S/C16H24FN/c1-3-4-14-12-18-10-9-16(14,2)11-13-5-7-15(17)8-6-13/h5-8,14,18H,3-4,9-12H2,1-2H3. The number of hydrogen-bond acceptors (Lipinski definition) is 1. The second kappa shape index (κ2) is 5.83. The summed E-state index contributed by atoms with van der Waals surface area (Å²) < 4.78 is 12.9. The second-order valence-corrected chi connectivity index (χ2v) is 5.90. The molecule has 0 amide bonds. The molecule has 1 fully saturated rings. The molecule has 0 spiro atoms. The van der Waals surface area contributed by atoms with Crippen molar-refractivity contribution in [3.63, 3.8) is 0 Å². The molecule has 0 bridgehead atoms. The van der Waals surface area contributed by atoms with Crippen LogP contribution in [-0.2, 0) is 6.42 Å². The van der Waals surface area contributed by atoms with Crippen LogP contribution in [0.5, 0.6) is 0 Å². The predicted molar refractivity (Wildman–Crippen MR) is 74.1 cm³/mol. The van der Waals surface area contributed by atoms with Crippen LogP contribution in [0.25, 0.3) is 0 Å². The van der Waals surface area contributed by atoms with Crippen LogP contribution in [0.4, 0.5) is 4.39 Å². The SMILES string of the molecule is CCCC1CNCCC1(C)Cc1ccc(F)cc1. The first-order chi connectivity index (χ1) is 8.64. The Bertz CT molecular complexity index is 371. The molecule has 1 aliphatic rings. The van der Waals surface area contributed by atoms with Crippen molar-refractivity contribution < 1.29 is 4.39 Å². The quantitative estimate of drug-likeness (QED) is 0.856. The molecule has 0 saturated carbocycles. The Balaban J connectivity index is 2.10. The van der Waals surface area contributed by atoms with E-state index in [2.05, 4.69) is 19.2 Å². The Morgan fingerprint density at radius 3 is 2.72 bits per heavy atom. The van der Waals surface area contributed by atoms with Crippen LogP contribution < -0.4 is 5.32 Å². The Hall–Kier alpha value is -0.890. The summed E-state index contributed by atoms with van der Waals surface area (Å²) in [5, 5.41) is 3.51. The molecule has 1 aromatic carbocycles. The second-order valence-electron chi connectivity index (χ2n) is 5.90. The summed E-state index contributed by atoms with van der Waals surface area (Å²) >= 11 is 0. The molecule has 0 aromatic heterocycles. The van der Waals surface area contributed by atoms with E-state index in [1.165, 1.54) is 24.8 Å². The zero-order valence-electron chi connectivity index (χ0n) is 11.5. The molecule has 2 atom stereocenters. The van der Waals surface area contributed by atoms with E-state index in [9.17, 15) is 4.39 Å². The lowest BCUT2D eigenvalue weighted by atomic mass is 9.67. The van der Waals surface area contributed by atoms with Crippen molar-refractivity contribution in [2.45, 2.75) is 39.5 Å². The van der Waals surface area contributed by atoms with Gasteiger partial charge in [0.15, 0.2) is 0 Å². The van der Waals surface area contributed by atoms with Crippen molar-refractivity contribution in [2.24, 2.45) is 11.3 Å². The van der Waals surface area contributed by atoms with Crippen molar-refractivity contribution in [1.29, 1.82) is 0 Å². The van der Waals surface area contributed by atoms with E-state index in [1.807, 2.05) is 12.1 Å². The molecule has 1 aromatic rings. The number of hydrogen-bond donors (Lipinski definition) is 1. The van der Waals surface area contributed by atoms with E-state index >= 15 is 0 Å². The predicted octanol–water partition coefficient (Wildman–Crippen LogP) is 3.78. The normalized spacial score (nSPS) is 28.3. The van der Waals surface area contributed by atoms with E-state index in [-0.39, 0.29) is 5.82 Å². The maximum atomic E-state index is 12.9. The van der Waals surface area contributed by atoms with Crippen LogP contribution in [0.2, 0.25) is 0 Å². The average molecular weight is 249 g/mol. The molecule has 2 unspecified atom stereocenters. The van der Waals surface area contributed by atoms with Crippen molar-refractivity contribution in [3.8, 4) is 0 Å². The molecule has 1 aliphatic heterocycles. The first-order valence-electron chi connectivity index (χ1n) is 7.09. The smallest absolute Gasteiger partial charge is 0.123 e. The van der Waals surface area contributed by atoms with Gasteiger partial charge in [-0.1, -0.05) is 32.4 Å². The molecule has 2 heteroatoms. The Morgan fingerprint density at radius 2 is 2.06 bits per heavy atom. The Morgan fingerprint density at radius 1 is 1.33 bits per heavy atom. The lowest BCUT2D eigenvalue weighted by molar-refractivity contribution is 0.120. The van der Waals surface area contributed by atoms with Crippen molar-refractivity contribution >= 4 is 0 Å². The molecule has 1 N–H and O–H groups in total. The summed E-state index contributed by atoms with van der Waals surface area (Å²) in [6, 6.07) is 7.03. The van der Waals surface area contributed by atoms with E-state index in [1.54, 1.807) is 12.1 Å². The Labute approximate surface area is 110 Å². The van der Waals surface area contributed by atoms with Gasteiger partial charge in [0, 0.05) is 0 Å². The van der Waals surface area contributed by atoms with E-state index in [0.29, 0.717) is 5.41 Å². The van der Waals surface area contributed by atoms with Gasteiger partial charge in [-0.25, -0.2) is 4.39 Å². The maximum Gasteiger partial charge on any atom is 0.123 e. The summed E-state index contributed by atoms with van der Waals surface area (Å²) in [4.78, 5) is 0. The Kier molecular flexibility index (Phi) is 4.39. The highest BCUT2D eigenvalue weighted by Crippen LogP contribution is 2.39. The first-order valence-corrected chi connectivity index (χ1v) is 7.09. The van der Waals surface area contributed by atoms with Gasteiger partial charge >= 0.3 is 0 Å². The van der Waals surface area contributed by atoms with Gasteiger partial charge in [-0.15, -0.1) is 0 Å². The highest BCUT2D eigenvalue weighted by Gasteiger charge is 2.35. The monoisotopic (exact) mass is 249 g/mol. The summed E-state index contributed by atoms with van der Waals surface area (Å²) in [6.07, 6.45) is 4.81. The summed E-state index contributed by atoms with van der Waals surface area (Å²) in [5.41, 5.74) is 1.63. The average Bonchev–Trinajstić information content (AvgIpc) is 2.36. The van der Waals surface area contributed by atoms with Crippen LogP contribution in [0.3, 0.4) is 0 Å². The summed E-state index contributed by atoms with van der Waals surface area (Å²) in [6.45, 7) is 6.90. The van der Waals surface area contributed by atoms with Crippen molar-refractivity contribution in [2.75, 3.05) is 13.1 Å². The molecule has 1 nitrogen and oxygen atoms in total. The van der Waals surface area contributed by atoms with Crippen molar-refractivity contribution in [1.82, 2.24) is 5.32 Å². The molecular weight excluding hydrogens is 225 g/mol. The summed E-state index contributed by atoms with van der Waals surface area (Å²) in [7, 11) is 0. The van der Waals surface area contributed by atoms with Crippen LogP contribution >= 0.6 is 0 Å². The molecule has 0 aliphatic carbocycles. The first kappa shape index (κ1) is 13.5. The zero-order valence-corrected chi connectivity index (χ0v) is 11.5. The molecule has 100 valence electrons. The third-order valence-electron chi connectivity index (χ3n) is 4.41. The van der Waals surface area contributed by atoms with E-state index < -0.39 is 0 Å². The van der Waals surface area contributed by atoms with Gasteiger partial charge in [-0.3, -0.25) is 0 Å².